The standard InChI is InChI=1S/C14H18N2S/c1-10(15-9-11-5-4-6-11)14-16-12-7-2-3-8-13(12)17-14/h2-3,7-8,10-11,15H,4-6,9H2,1H3. The average Bonchev–Trinajstić information content (AvgIpc) is 2.70. The van der Waals surface area contributed by atoms with Crippen LogP contribution in [0.1, 0.15) is 37.2 Å². The smallest absolute Gasteiger partial charge is 0.111 e. The van der Waals surface area contributed by atoms with Gasteiger partial charge >= 0.3 is 0 Å². The van der Waals surface area contributed by atoms with Crippen molar-refractivity contribution in [1.29, 1.82) is 0 Å². The number of nitrogens with zero attached hydrogens (tertiary/aromatic N) is 1. The molecule has 0 bridgehead atoms. The van der Waals surface area contributed by atoms with Gasteiger partial charge in [0.2, 0.25) is 0 Å². The molecule has 1 aliphatic carbocycles. The second-order valence-corrected chi connectivity index (χ2v) is 6.01. The number of rotatable bonds is 4. The molecule has 90 valence electrons. The van der Waals surface area contributed by atoms with E-state index in [1.165, 1.54) is 29.0 Å². The van der Waals surface area contributed by atoms with Gasteiger partial charge < -0.3 is 5.32 Å². The highest BCUT2D eigenvalue weighted by molar-refractivity contribution is 7.18. The Hall–Kier alpha value is -0.930. The van der Waals surface area contributed by atoms with Crippen molar-refractivity contribution in [2.45, 2.75) is 32.2 Å². The summed E-state index contributed by atoms with van der Waals surface area (Å²) in [6, 6.07) is 8.76. The lowest BCUT2D eigenvalue weighted by Gasteiger charge is -2.26. The second kappa shape index (κ2) is 4.75. The number of thiazole rings is 1. The molecule has 0 spiro atoms. The minimum absolute atomic E-state index is 0.382. The van der Waals surface area contributed by atoms with Crippen LogP contribution in [0.3, 0.4) is 0 Å². The third-order valence-corrected chi connectivity index (χ3v) is 4.84. The van der Waals surface area contributed by atoms with Gasteiger partial charge in [-0.1, -0.05) is 18.6 Å². The van der Waals surface area contributed by atoms with E-state index in [-0.39, 0.29) is 0 Å². The lowest BCUT2D eigenvalue weighted by molar-refractivity contribution is 0.292. The van der Waals surface area contributed by atoms with E-state index >= 15 is 0 Å². The second-order valence-electron chi connectivity index (χ2n) is 4.95. The largest absolute Gasteiger partial charge is 0.308 e. The molecule has 0 amide bonds. The van der Waals surface area contributed by atoms with E-state index in [2.05, 4.69) is 36.5 Å². The topological polar surface area (TPSA) is 24.9 Å². The van der Waals surface area contributed by atoms with Gasteiger partial charge in [-0.05, 0) is 44.4 Å². The van der Waals surface area contributed by atoms with Gasteiger partial charge in [-0.2, -0.15) is 0 Å². The Morgan fingerprint density at radius 1 is 1.41 bits per heavy atom. The van der Waals surface area contributed by atoms with E-state index in [0.29, 0.717) is 6.04 Å². The van der Waals surface area contributed by atoms with Crippen LogP contribution in [0.4, 0.5) is 0 Å². The molecule has 2 nitrogen and oxygen atoms in total. The van der Waals surface area contributed by atoms with Crippen LogP contribution in [0.2, 0.25) is 0 Å². The van der Waals surface area contributed by atoms with Crippen LogP contribution in [0, 0.1) is 5.92 Å². The zero-order valence-electron chi connectivity index (χ0n) is 10.1. The Bertz CT molecular complexity index is 469. The quantitative estimate of drug-likeness (QED) is 0.888. The molecule has 1 aliphatic rings. The maximum atomic E-state index is 4.69. The van der Waals surface area contributed by atoms with Crippen molar-refractivity contribution in [2.75, 3.05) is 6.54 Å². The van der Waals surface area contributed by atoms with Crippen molar-refractivity contribution in [3.63, 3.8) is 0 Å². The Balaban J connectivity index is 1.69. The first-order valence-electron chi connectivity index (χ1n) is 6.42. The first-order valence-corrected chi connectivity index (χ1v) is 7.23. The number of aromatic nitrogens is 1. The first kappa shape index (κ1) is 11.2. The van der Waals surface area contributed by atoms with E-state index in [9.17, 15) is 0 Å². The summed E-state index contributed by atoms with van der Waals surface area (Å²) < 4.78 is 1.29. The van der Waals surface area contributed by atoms with Crippen LogP contribution in [-0.4, -0.2) is 11.5 Å². The number of benzene rings is 1. The van der Waals surface area contributed by atoms with Crippen molar-refractivity contribution >= 4 is 21.6 Å². The van der Waals surface area contributed by atoms with Gasteiger partial charge in [-0.25, -0.2) is 4.98 Å². The normalized spacial score (nSPS) is 18.2. The molecule has 0 aliphatic heterocycles. The zero-order valence-corrected chi connectivity index (χ0v) is 11.0. The van der Waals surface area contributed by atoms with E-state index in [1.54, 1.807) is 0 Å². The van der Waals surface area contributed by atoms with Crippen molar-refractivity contribution in [2.24, 2.45) is 5.92 Å². The van der Waals surface area contributed by atoms with Crippen molar-refractivity contribution in [3.8, 4) is 0 Å². The summed E-state index contributed by atoms with van der Waals surface area (Å²) in [6.07, 6.45) is 4.22. The fraction of sp³-hybridized carbons (Fsp3) is 0.500. The molecule has 0 radical (unpaired) electrons. The molecule has 1 aromatic heterocycles. The molecule has 0 saturated heterocycles. The molecule has 1 heterocycles. The molecule has 2 aromatic rings. The summed E-state index contributed by atoms with van der Waals surface area (Å²) in [5.74, 6) is 0.909. The van der Waals surface area contributed by atoms with Gasteiger partial charge in [0.05, 0.1) is 16.3 Å². The predicted octanol–water partition coefficient (Wildman–Crippen LogP) is 3.75. The minimum atomic E-state index is 0.382. The van der Waals surface area contributed by atoms with Crippen LogP contribution in [0.25, 0.3) is 10.2 Å². The van der Waals surface area contributed by atoms with E-state index in [0.717, 1.165) is 18.0 Å². The van der Waals surface area contributed by atoms with Gasteiger partial charge in [0, 0.05) is 0 Å². The average molecular weight is 246 g/mol. The van der Waals surface area contributed by atoms with Gasteiger partial charge in [-0.15, -0.1) is 11.3 Å². The number of para-hydroxylation sites is 1. The summed E-state index contributed by atoms with van der Waals surface area (Å²) in [5.41, 5.74) is 1.13. The molecule has 3 rings (SSSR count). The highest BCUT2D eigenvalue weighted by Gasteiger charge is 2.19. The van der Waals surface area contributed by atoms with Crippen molar-refractivity contribution in [1.82, 2.24) is 10.3 Å². The number of hydrogen-bond donors (Lipinski definition) is 1. The molecule has 1 N–H and O–H groups in total. The molecule has 1 aromatic carbocycles. The molecular formula is C14H18N2S. The fourth-order valence-electron chi connectivity index (χ4n) is 2.20. The lowest BCUT2D eigenvalue weighted by atomic mass is 9.85. The summed E-state index contributed by atoms with van der Waals surface area (Å²) in [6.45, 7) is 3.37. The third-order valence-electron chi connectivity index (χ3n) is 3.62. The Labute approximate surface area is 106 Å². The van der Waals surface area contributed by atoms with Gasteiger partial charge in [0.1, 0.15) is 5.01 Å². The Morgan fingerprint density at radius 3 is 2.94 bits per heavy atom. The molecule has 17 heavy (non-hydrogen) atoms. The Morgan fingerprint density at radius 2 is 2.24 bits per heavy atom. The van der Waals surface area contributed by atoms with Crippen molar-refractivity contribution < 1.29 is 0 Å². The summed E-state index contributed by atoms with van der Waals surface area (Å²) in [7, 11) is 0. The van der Waals surface area contributed by atoms with E-state index in [1.807, 2.05) is 11.3 Å². The third kappa shape index (κ3) is 2.35. The molecule has 3 heteroatoms. The maximum Gasteiger partial charge on any atom is 0.111 e. The fourth-order valence-corrected chi connectivity index (χ4v) is 3.20. The highest BCUT2D eigenvalue weighted by Crippen LogP contribution is 2.28. The zero-order chi connectivity index (χ0) is 11.7. The van der Waals surface area contributed by atoms with E-state index < -0.39 is 0 Å². The van der Waals surface area contributed by atoms with Crippen LogP contribution in [0.5, 0.6) is 0 Å². The van der Waals surface area contributed by atoms with E-state index in [4.69, 9.17) is 4.98 Å². The summed E-state index contributed by atoms with van der Waals surface area (Å²) in [5, 5.41) is 4.82. The van der Waals surface area contributed by atoms with Crippen LogP contribution in [-0.2, 0) is 0 Å². The van der Waals surface area contributed by atoms with Gasteiger partial charge in [0.25, 0.3) is 0 Å². The Kier molecular flexibility index (Phi) is 3.12. The highest BCUT2D eigenvalue weighted by atomic mass is 32.1. The van der Waals surface area contributed by atoms with Gasteiger partial charge in [-0.3, -0.25) is 0 Å². The maximum absolute atomic E-state index is 4.69. The monoisotopic (exact) mass is 246 g/mol. The first-order chi connectivity index (χ1) is 8.33. The van der Waals surface area contributed by atoms with Crippen LogP contribution < -0.4 is 5.32 Å². The molecule has 1 saturated carbocycles. The molecule has 1 fully saturated rings. The molecule has 1 atom stereocenters. The lowest BCUT2D eigenvalue weighted by Crippen LogP contribution is -2.29. The van der Waals surface area contributed by atoms with Crippen LogP contribution in [0.15, 0.2) is 24.3 Å². The number of fused-ring (bicyclic) bond motifs is 1. The van der Waals surface area contributed by atoms with Gasteiger partial charge in [0.15, 0.2) is 0 Å². The molecule has 1 unspecified atom stereocenters. The summed E-state index contributed by atoms with van der Waals surface area (Å²) >= 11 is 1.81. The van der Waals surface area contributed by atoms with Crippen molar-refractivity contribution in [3.05, 3.63) is 29.3 Å². The number of nitrogens with one attached hydrogen (secondary N) is 1. The minimum Gasteiger partial charge on any atom is -0.308 e. The number of hydrogen-bond acceptors (Lipinski definition) is 3. The molecular weight excluding hydrogens is 228 g/mol. The SMILES string of the molecule is CC(NCC1CCC1)c1nc2ccccc2s1. The van der Waals surface area contributed by atoms with Crippen LogP contribution >= 0.6 is 11.3 Å². The predicted molar refractivity (Wildman–Crippen MR) is 73.4 cm³/mol. The summed E-state index contributed by atoms with van der Waals surface area (Å²) in [4.78, 5) is 4.69.